The average Bonchev–Trinajstić information content (AvgIpc) is 2.88. The van der Waals surface area contributed by atoms with Crippen LogP contribution in [0.5, 0.6) is 5.75 Å². The molecule has 6 heteroatoms. The minimum Gasteiger partial charge on any atom is -0.491 e. The summed E-state index contributed by atoms with van der Waals surface area (Å²) in [7, 11) is 0. The molecule has 4 nitrogen and oxygen atoms in total. The molecule has 0 saturated carbocycles. The quantitative estimate of drug-likeness (QED) is 0.824. The Morgan fingerprint density at radius 2 is 2.28 bits per heavy atom. The van der Waals surface area contributed by atoms with E-state index in [1.54, 1.807) is 5.51 Å². The van der Waals surface area contributed by atoms with Crippen LogP contribution in [0.15, 0.2) is 34.1 Å². The molecule has 1 N–H and O–H groups in total. The number of rotatable bonds is 6. The molecule has 0 bridgehead atoms. The van der Waals surface area contributed by atoms with Gasteiger partial charge in [0.2, 0.25) is 0 Å². The van der Waals surface area contributed by atoms with Crippen molar-refractivity contribution < 1.29 is 9.84 Å². The fourth-order valence-corrected chi connectivity index (χ4v) is 2.77. The van der Waals surface area contributed by atoms with E-state index in [0.29, 0.717) is 5.75 Å². The number of nitrogens with zero attached hydrogens (tertiary/aromatic N) is 2. The van der Waals surface area contributed by atoms with E-state index in [9.17, 15) is 5.11 Å². The van der Waals surface area contributed by atoms with Crippen LogP contribution >= 0.6 is 23.1 Å². The summed E-state index contributed by atoms with van der Waals surface area (Å²) in [6.07, 6.45) is -0.515. The van der Waals surface area contributed by atoms with Gasteiger partial charge in [0.1, 0.15) is 17.9 Å². The van der Waals surface area contributed by atoms with Crippen LogP contribution in [0.25, 0.3) is 0 Å². The normalized spacial score (nSPS) is 12.3. The first-order valence-electron chi connectivity index (χ1n) is 5.51. The standard InChI is InChI=1S/C12H14N2O2S2/c1-9-4-2-3-5-11(9)16-6-10(15)7-17-12-14-13-8-18-12/h2-5,8,10,15H,6-7H2,1H3. The van der Waals surface area contributed by atoms with E-state index in [0.717, 1.165) is 15.7 Å². The van der Waals surface area contributed by atoms with Crippen LogP contribution in [-0.2, 0) is 0 Å². The van der Waals surface area contributed by atoms with Gasteiger partial charge >= 0.3 is 0 Å². The highest BCUT2D eigenvalue weighted by atomic mass is 32.2. The summed E-state index contributed by atoms with van der Waals surface area (Å²) in [6, 6.07) is 7.77. The molecule has 0 amide bonds. The van der Waals surface area contributed by atoms with E-state index in [4.69, 9.17) is 4.74 Å². The molecule has 1 heterocycles. The van der Waals surface area contributed by atoms with Gasteiger partial charge in [0, 0.05) is 5.75 Å². The topological polar surface area (TPSA) is 55.2 Å². The minimum atomic E-state index is -0.515. The zero-order valence-electron chi connectivity index (χ0n) is 9.94. The van der Waals surface area contributed by atoms with Crippen LogP contribution in [0.3, 0.4) is 0 Å². The Morgan fingerprint density at radius 3 is 3.00 bits per heavy atom. The van der Waals surface area contributed by atoms with Crippen molar-refractivity contribution in [3.63, 3.8) is 0 Å². The van der Waals surface area contributed by atoms with Crippen LogP contribution in [0, 0.1) is 6.92 Å². The second-order valence-corrected chi connectivity index (χ2v) is 5.85. The Kier molecular flexibility index (Phi) is 4.98. The lowest BCUT2D eigenvalue weighted by Crippen LogP contribution is -2.20. The first kappa shape index (κ1) is 13.3. The van der Waals surface area contributed by atoms with Crippen molar-refractivity contribution in [2.75, 3.05) is 12.4 Å². The number of hydrogen-bond acceptors (Lipinski definition) is 6. The molecule has 1 aromatic heterocycles. The molecule has 0 spiro atoms. The summed E-state index contributed by atoms with van der Waals surface area (Å²) in [4.78, 5) is 0. The molecule has 2 aromatic rings. The zero-order chi connectivity index (χ0) is 12.8. The van der Waals surface area contributed by atoms with Gasteiger partial charge in [0.15, 0.2) is 4.34 Å². The molecule has 96 valence electrons. The number of ether oxygens (including phenoxy) is 1. The van der Waals surface area contributed by atoms with Gasteiger partial charge in [-0.15, -0.1) is 10.2 Å². The largest absolute Gasteiger partial charge is 0.491 e. The van der Waals surface area contributed by atoms with Crippen molar-refractivity contribution in [3.05, 3.63) is 35.3 Å². The van der Waals surface area contributed by atoms with E-state index >= 15 is 0 Å². The molecule has 0 saturated heterocycles. The van der Waals surface area contributed by atoms with Crippen LogP contribution in [-0.4, -0.2) is 33.8 Å². The maximum absolute atomic E-state index is 9.81. The van der Waals surface area contributed by atoms with Crippen LogP contribution < -0.4 is 4.74 Å². The fourth-order valence-electron chi connectivity index (χ4n) is 1.35. The van der Waals surface area contributed by atoms with E-state index in [-0.39, 0.29) is 6.61 Å². The summed E-state index contributed by atoms with van der Waals surface area (Å²) < 4.78 is 6.44. The van der Waals surface area contributed by atoms with E-state index in [2.05, 4.69) is 10.2 Å². The molecule has 0 aliphatic rings. The molecule has 1 aromatic carbocycles. The number of aryl methyl sites for hydroxylation is 1. The molecule has 1 unspecified atom stereocenters. The lowest BCUT2D eigenvalue weighted by molar-refractivity contribution is 0.126. The third kappa shape index (κ3) is 3.97. The van der Waals surface area contributed by atoms with Gasteiger partial charge in [-0.25, -0.2) is 0 Å². The second kappa shape index (κ2) is 6.72. The van der Waals surface area contributed by atoms with Gasteiger partial charge in [0.25, 0.3) is 0 Å². The second-order valence-electron chi connectivity index (χ2n) is 3.75. The van der Waals surface area contributed by atoms with E-state index in [1.165, 1.54) is 23.1 Å². The molecule has 0 aliphatic carbocycles. The molecule has 0 aliphatic heterocycles. The monoisotopic (exact) mass is 282 g/mol. The van der Waals surface area contributed by atoms with Crippen molar-refractivity contribution in [2.45, 2.75) is 17.4 Å². The summed E-state index contributed by atoms with van der Waals surface area (Å²) in [6.45, 7) is 2.27. The highest BCUT2D eigenvalue weighted by Gasteiger charge is 2.08. The van der Waals surface area contributed by atoms with Gasteiger partial charge in [-0.2, -0.15) is 0 Å². The van der Waals surface area contributed by atoms with E-state index < -0.39 is 6.10 Å². The average molecular weight is 282 g/mol. The van der Waals surface area contributed by atoms with Gasteiger partial charge in [-0.3, -0.25) is 0 Å². The molecular weight excluding hydrogens is 268 g/mol. The minimum absolute atomic E-state index is 0.288. The SMILES string of the molecule is Cc1ccccc1OCC(O)CSc1nncs1. The first-order chi connectivity index (χ1) is 8.75. The maximum atomic E-state index is 9.81. The predicted octanol–water partition coefficient (Wildman–Crippen LogP) is 2.38. The number of thioether (sulfide) groups is 1. The summed E-state index contributed by atoms with van der Waals surface area (Å²) in [5.41, 5.74) is 2.75. The number of aliphatic hydroxyl groups is 1. The van der Waals surface area contributed by atoms with Crippen LogP contribution in [0.4, 0.5) is 0 Å². The predicted molar refractivity (Wildman–Crippen MR) is 73.3 cm³/mol. The summed E-state index contributed by atoms with van der Waals surface area (Å²) in [5, 5.41) is 17.5. The molecule has 18 heavy (non-hydrogen) atoms. The van der Waals surface area contributed by atoms with Crippen molar-refractivity contribution in [2.24, 2.45) is 0 Å². The number of benzene rings is 1. The fraction of sp³-hybridized carbons (Fsp3) is 0.333. The van der Waals surface area contributed by atoms with E-state index in [1.807, 2.05) is 31.2 Å². The lowest BCUT2D eigenvalue weighted by Gasteiger charge is -2.12. The van der Waals surface area contributed by atoms with Crippen LogP contribution in [0.2, 0.25) is 0 Å². The molecular formula is C12H14N2O2S2. The Bertz CT molecular complexity index is 477. The van der Waals surface area contributed by atoms with Gasteiger partial charge < -0.3 is 9.84 Å². The number of aliphatic hydroxyl groups excluding tert-OH is 1. The third-order valence-corrected chi connectivity index (χ3v) is 4.27. The maximum Gasteiger partial charge on any atom is 0.174 e. The summed E-state index contributed by atoms with van der Waals surface area (Å²) in [5.74, 6) is 1.37. The smallest absolute Gasteiger partial charge is 0.174 e. The van der Waals surface area contributed by atoms with Gasteiger partial charge in [-0.05, 0) is 18.6 Å². The highest BCUT2D eigenvalue weighted by Crippen LogP contribution is 2.20. The molecule has 2 rings (SSSR count). The molecule has 0 radical (unpaired) electrons. The lowest BCUT2D eigenvalue weighted by atomic mass is 10.2. The molecule has 0 fully saturated rings. The Hall–Kier alpha value is -1.11. The van der Waals surface area contributed by atoms with Crippen molar-refractivity contribution in [3.8, 4) is 5.75 Å². The number of para-hydroxylation sites is 1. The molecule has 1 atom stereocenters. The van der Waals surface area contributed by atoms with Crippen molar-refractivity contribution in [1.82, 2.24) is 10.2 Å². The van der Waals surface area contributed by atoms with Crippen molar-refractivity contribution in [1.29, 1.82) is 0 Å². The first-order valence-corrected chi connectivity index (χ1v) is 7.37. The van der Waals surface area contributed by atoms with Gasteiger partial charge in [0.05, 0.1) is 6.10 Å². The Balaban J connectivity index is 1.75. The van der Waals surface area contributed by atoms with Crippen molar-refractivity contribution >= 4 is 23.1 Å². The summed E-state index contributed by atoms with van der Waals surface area (Å²) >= 11 is 2.96. The zero-order valence-corrected chi connectivity index (χ0v) is 11.6. The van der Waals surface area contributed by atoms with Gasteiger partial charge in [-0.1, -0.05) is 41.3 Å². The third-order valence-electron chi connectivity index (χ3n) is 2.26. The number of aromatic nitrogens is 2. The highest BCUT2D eigenvalue weighted by molar-refractivity contribution is 8.01. The Morgan fingerprint density at radius 1 is 1.44 bits per heavy atom. The van der Waals surface area contributed by atoms with Crippen LogP contribution in [0.1, 0.15) is 5.56 Å². The number of hydrogen-bond donors (Lipinski definition) is 1. The Labute approximate surface area is 114 Å².